The molecule has 1 heterocycles. The lowest BCUT2D eigenvalue weighted by atomic mass is 10.1. The lowest BCUT2D eigenvalue weighted by Crippen LogP contribution is -1.96. The molecule has 0 aliphatic rings. The fraction of sp³-hybridized carbons (Fsp3) is 0.667. The summed E-state index contributed by atoms with van der Waals surface area (Å²) in [5, 5.41) is 6.69. The van der Waals surface area contributed by atoms with Crippen LogP contribution in [0.25, 0.3) is 0 Å². The lowest BCUT2D eigenvalue weighted by Gasteiger charge is -1.95. The first-order chi connectivity index (χ1) is 6.34. The Morgan fingerprint density at radius 1 is 1.46 bits per heavy atom. The summed E-state index contributed by atoms with van der Waals surface area (Å²) < 4.78 is 4.64. The molecule has 0 fully saturated rings. The molecule has 1 aromatic rings. The molecule has 0 saturated carbocycles. The monoisotopic (exact) mass is 182 g/mol. The topological polar surface area (TPSA) is 56.0 Å². The summed E-state index contributed by atoms with van der Waals surface area (Å²) in [6.45, 7) is 2.14. The van der Waals surface area contributed by atoms with Gasteiger partial charge >= 0.3 is 0 Å². The van der Waals surface area contributed by atoms with Gasteiger partial charge in [-0.2, -0.15) is 0 Å². The van der Waals surface area contributed by atoms with Gasteiger partial charge < -0.3 is 4.52 Å². The maximum absolute atomic E-state index is 11.3. The van der Waals surface area contributed by atoms with Gasteiger partial charge in [0.15, 0.2) is 0 Å². The van der Waals surface area contributed by atoms with Gasteiger partial charge in [0.25, 0.3) is 0 Å². The van der Waals surface area contributed by atoms with Crippen molar-refractivity contribution in [2.45, 2.75) is 39.0 Å². The molecule has 0 spiro atoms. The Bertz CT molecular complexity index is 244. The van der Waals surface area contributed by atoms with Crippen molar-refractivity contribution in [3.05, 3.63) is 12.0 Å². The average Bonchev–Trinajstić information content (AvgIpc) is 2.65. The second-order valence-corrected chi connectivity index (χ2v) is 3.02. The van der Waals surface area contributed by atoms with Gasteiger partial charge in [-0.15, -0.1) is 5.10 Å². The summed E-state index contributed by atoms with van der Waals surface area (Å²) in [5.74, 6) is 0.276. The van der Waals surface area contributed by atoms with E-state index in [1.165, 1.54) is 19.0 Å². The summed E-state index contributed by atoms with van der Waals surface area (Å²) in [4.78, 5) is 11.3. The third kappa shape index (κ3) is 3.36. The number of Topliss-reactive ketones (excluding diaryl/α,β-unsaturated/α-hetero) is 1. The Balaban J connectivity index is 2.19. The summed E-state index contributed by atoms with van der Waals surface area (Å²) in [6, 6.07) is 0. The molecular weight excluding hydrogens is 168 g/mol. The summed E-state index contributed by atoms with van der Waals surface area (Å²) in [5.41, 5.74) is 0. The molecule has 4 nitrogen and oxygen atoms in total. The Morgan fingerprint density at radius 2 is 2.31 bits per heavy atom. The maximum atomic E-state index is 11.3. The number of hydrogen-bond acceptors (Lipinski definition) is 4. The van der Waals surface area contributed by atoms with Crippen molar-refractivity contribution >= 4 is 5.78 Å². The fourth-order valence-corrected chi connectivity index (χ4v) is 1.13. The van der Waals surface area contributed by atoms with Gasteiger partial charge in [0.05, 0.1) is 0 Å². The summed E-state index contributed by atoms with van der Waals surface area (Å²) in [7, 11) is 0. The van der Waals surface area contributed by atoms with Gasteiger partial charge in [-0.25, -0.2) is 0 Å². The normalized spacial score (nSPS) is 10.2. The van der Waals surface area contributed by atoms with Crippen molar-refractivity contribution in [2.24, 2.45) is 0 Å². The van der Waals surface area contributed by atoms with Crippen molar-refractivity contribution in [1.82, 2.24) is 10.4 Å². The van der Waals surface area contributed by atoms with Crippen molar-refractivity contribution in [3.63, 3.8) is 0 Å². The first kappa shape index (κ1) is 9.89. The molecular formula is C9H14N2O2. The number of unbranched alkanes of at least 4 members (excludes halogenated alkanes) is 3. The molecule has 0 unspecified atom stereocenters. The lowest BCUT2D eigenvalue weighted by molar-refractivity contribution is 0.0942. The molecule has 0 N–H and O–H groups in total. The van der Waals surface area contributed by atoms with Crippen LogP contribution in [0.2, 0.25) is 0 Å². The zero-order chi connectivity index (χ0) is 9.52. The highest BCUT2D eigenvalue weighted by atomic mass is 16.5. The molecule has 0 radical (unpaired) electrons. The van der Waals surface area contributed by atoms with Crippen LogP contribution in [0.4, 0.5) is 0 Å². The molecule has 0 bridgehead atoms. The zero-order valence-electron chi connectivity index (χ0n) is 7.82. The molecule has 0 aliphatic carbocycles. The van der Waals surface area contributed by atoms with Gasteiger partial charge in [-0.05, 0) is 6.42 Å². The first-order valence-electron chi connectivity index (χ1n) is 4.65. The number of aromatic nitrogens is 2. The SMILES string of the molecule is CCCCCCC(=O)c1cnno1. The van der Waals surface area contributed by atoms with Gasteiger partial charge in [0.1, 0.15) is 6.20 Å². The van der Waals surface area contributed by atoms with Crippen LogP contribution >= 0.6 is 0 Å². The van der Waals surface area contributed by atoms with Crippen molar-refractivity contribution in [2.75, 3.05) is 0 Å². The van der Waals surface area contributed by atoms with Crippen LogP contribution in [0.1, 0.15) is 49.6 Å². The number of hydrogen-bond donors (Lipinski definition) is 0. The van der Waals surface area contributed by atoms with Crippen LogP contribution in [0.3, 0.4) is 0 Å². The van der Waals surface area contributed by atoms with Crippen LogP contribution in [0.5, 0.6) is 0 Å². The predicted octanol–water partition coefficient (Wildman–Crippen LogP) is 2.22. The Morgan fingerprint density at radius 3 is 2.92 bits per heavy atom. The standard InChI is InChI=1S/C9H14N2O2/c1-2-3-4-5-6-8(12)9-7-10-11-13-9/h7H,2-6H2,1H3. The number of nitrogens with zero attached hydrogens (tertiary/aromatic N) is 2. The summed E-state index contributed by atoms with van der Waals surface area (Å²) >= 11 is 0. The van der Waals surface area contributed by atoms with Crippen LogP contribution in [-0.4, -0.2) is 16.2 Å². The number of carbonyl (C=O) groups is 1. The van der Waals surface area contributed by atoms with E-state index in [1.807, 2.05) is 0 Å². The minimum atomic E-state index is 0.00102. The third-order valence-corrected chi connectivity index (χ3v) is 1.89. The van der Waals surface area contributed by atoms with E-state index in [1.54, 1.807) is 0 Å². The molecule has 0 atom stereocenters. The highest BCUT2D eigenvalue weighted by Crippen LogP contribution is 2.07. The highest BCUT2D eigenvalue weighted by molar-refractivity contribution is 5.92. The molecule has 4 heteroatoms. The smallest absolute Gasteiger partial charge is 0.222 e. The molecule has 72 valence electrons. The van der Waals surface area contributed by atoms with E-state index in [-0.39, 0.29) is 11.5 Å². The predicted molar refractivity (Wildman–Crippen MR) is 47.4 cm³/mol. The van der Waals surface area contributed by atoms with Crippen molar-refractivity contribution in [1.29, 1.82) is 0 Å². The Kier molecular flexibility index (Phi) is 4.15. The number of rotatable bonds is 6. The minimum absolute atomic E-state index is 0.00102. The second-order valence-electron chi connectivity index (χ2n) is 3.02. The van der Waals surface area contributed by atoms with Gasteiger partial charge in [-0.3, -0.25) is 4.79 Å². The van der Waals surface area contributed by atoms with E-state index in [0.717, 1.165) is 12.8 Å². The van der Waals surface area contributed by atoms with Gasteiger partial charge in [-0.1, -0.05) is 26.2 Å². The Labute approximate surface area is 77.3 Å². The van der Waals surface area contributed by atoms with Crippen LogP contribution in [0.15, 0.2) is 10.7 Å². The minimum Gasteiger partial charge on any atom is -0.334 e. The van der Waals surface area contributed by atoms with E-state index in [4.69, 9.17) is 0 Å². The van der Waals surface area contributed by atoms with Crippen LogP contribution in [-0.2, 0) is 0 Å². The van der Waals surface area contributed by atoms with Gasteiger partial charge in [0, 0.05) is 11.7 Å². The fourth-order valence-electron chi connectivity index (χ4n) is 1.13. The van der Waals surface area contributed by atoms with Crippen molar-refractivity contribution < 1.29 is 9.32 Å². The molecule has 0 saturated heterocycles. The summed E-state index contributed by atoms with van der Waals surface area (Å²) in [6.07, 6.45) is 6.29. The molecule has 0 aromatic carbocycles. The quantitative estimate of drug-likeness (QED) is 0.500. The van der Waals surface area contributed by atoms with E-state index in [9.17, 15) is 4.79 Å². The van der Waals surface area contributed by atoms with E-state index >= 15 is 0 Å². The van der Waals surface area contributed by atoms with Crippen LogP contribution < -0.4 is 0 Å². The Hall–Kier alpha value is -1.19. The maximum Gasteiger partial charge on any atom is 0.222 e. The molecule has 1 aromatic heterocycles. The molecule has 1 rings (SSSR count). The van der Waals surface area contributed by atoms with E-state index in [0.29, 0.717) is 6.42 Å². The first-order valence-corrected chi connectivity index (χ1v) is 4.65. The second kappa shape index (κ2) is 5.45. The molecule has 0 aliphatic heterocycles. The zero-order valence-corrected chi connectivity index (χ0v) is 7.82. The van der Waals surface area contributed by atoms with Gasteiger partial charge in [0.2, 0.25) is 11.5 Å². The van der Waals surface area contributed by atoms with Crippen LogP contribution in [0, 0.1) is 0 Å². The molecule has 0 amide bonds. The number of ketones is 1. The average molecular weight is 182 g/mol. The largest absolute Gasteiger partial charge is 0.334 e. The van der Waals surface area contributed by atoms with E-state index in [2.05, 4.69) is 21.8 Å². The molecule has 13 heavy (non-hydrogen) atoms. The van der Waals surface area contributed by atoms with E-state index < -0.39 is 0 Å². The highest BCUT2D eigenvalue weighted by Gasteiger charge is 2.09. The number of carbonyl (C=O) groups excluding carboxylic acids is 1. The van der Waals surface area contributed by atoms with Crippen molar-refractivity contribution in [3.8, 4) is 0 Å². The third-order valence-electron chi connectivity index (χ3n) is 1.89.